The highest BCUT2D eigenvalue weighted by molar-refractivity contribution is 5.79. The van der Waals surface area contributed by atoms with E-state index >= 15 is 0 Å². The summed E-state index contributed by atoms with van der Waals surface area (Å²) in [4.78, 5) is 15.9. The quantitative estimate of drug-likeness (QED) is 0.471. The van der Waals surface area contributed by atoms with Gasteiger partial charge in [0.05, 0.1) is 19.8 Å². The molecule has 0 saturated carbocycles. The smallest absolute Gasteiger partial charge is 0.324 e. The zero-order chi connectivity index (χ0) is 11.4. The lowest BCUT2D eigenvalue weighted by atomic mass is 10.4. The predicted octanol–water partition coefficient (Wildman–Crippen LogP) is -0.434. The fourth-order valence-corrected chi connectivity index (χ4v) is 1.98. The summed E-state index contributed by atoms with van der Waals surface area (Å²) in [6.07, 6.45) is 0. The van der Waals surface area contributed by atoms with Crippen LogP contribution in [0.15, 0.2) is 0 Å². The molecule has 0 radical (unpaired) electrons. The second-order valence-corrected chi connectivity index (χ2v) is 4.22. The number of rotatable bonds is 5. The topological polar surface area (TPSA) is 41.8 Å². The van der Waals surface area contributed by atoms with Crippen molar-refractivity contribution in [3.8, 4) is 0 Å². The zero-order valence-corrected chi connectivity index (χ0v) is 9.85. The first kappa shape index (κ1) is 11.8. The van der Waals surface area contributed by atoms with Crippen molar-refractivity contribution in [2.75, 3.05) is 52.5 Å². The molecule has 0 N–H and O–H groups in total. The minimum absolute atomic E-state index is 0.0287. The van der Waals surface area contributed by atoms with Gasteiger partial charge in [0.2, 0.25) is 0 Å². The lowest BCUT2D eigenvalue weighted by Crippen LogP contribution is -2.39. The van der Waals surface area contributed by atoms with Gasteiger partial charge in [0, 0.05) is 32.7 Å². The molecule has 0 aromatic carbocycles. The second kappa shape index (κ2) is 5.61. The number of hydrogen-bond acceptors (Lipinski definition) is 5. The summed E-state index contributed by atoms with van der Waals surface area (Å²) in [7, 11) is 0. The van der Waals surface area contributed by atoms with Crippen LogP contribution in [0.3, 0.4) is 0 Å². The van der Waals surface area contributed by atoms with Crippen molar-refractivity contribution >= 4 is 5.97 Å². The summed E-state index contributed by atoms with van der Waals surface area (Å²) >= 11 is 0. The van der Waals surface area contributed by atoms with Crippen LogP contribution in [0.1, 0.15) is 6.92 Å². The highest BCUT2D eigenvalue weighted by Gasteiger charge is 2.41. The van der Waals surface area contributed by atoms with Gasteiger partial charge < -0.3 is 9.47 Å². The molecule has 2 fully saturated rings. The standard InChI is InChI=1S/C11H20N2O3/c1-2-16-11(14)10-9-13(10)4-3-12-5-7-15-8-6-12/h10H,2-9H2,1H3. The predicted molar refractivity (Wildman–Crippen MR) is 59.3 cm³/mol. The average molecular weight is 228 g/mol. The first-order valence-corrected chi connectivity index (χ1v) is 6.02. The van der Waals surface area contributed by atoms with Crippen molar-refractivity contribution in [1.29, 1.82) is 0 Å². The van der Waals surface area contributed by atoms with Gasteiger partial charge in [-0.1, -0.05) is 0 Å². The molecule has 5 heteroatoms. The van der Waals surface area contributed by atoms with E-state index < -0.39 is 0 Å². The Hall–Kier alpha value is -0.650. The van der Waals surface area contributed by atoms with E-state index in [0.717, 1.165) is 45.9 Å². The molecule has 2 atom stereocenters. The minimum Gasteiger partial charge on any atom is -0.465 e. The maximum atomic E-state index is 11.4. The first-order valence-electron chi connectivity index (χ1n) is 6.02. The van der Waals surface area contributed by atoms with E-state index in [9.17, 15) is 4.79 Å². The Bertz CT molecular complexity index is 241. The van der Waals surface area contributed by atoms with E-state index in [1.54, 1.807) is 0 Å². The van der Waals surface area contributed by atoms with Crippen molar-refractivity contribution < 1.29 is 14.3 Å². The molecule has 5 nitrogen and oxygen atoms in total. The highest BCUT2D eigenvalue weighted by atomic mass is 16.5. The largest absolute Gasteiger partial charge is 0.465 e. The monoisotopic (exact) mass is 228 g/mol. The van der Waals surface area contributed by atoms with E-state index in [0.29, 0.717) is 6.61 Å². The Morgan fingerprint density at radius 1 is 1.38 bits per heavy atom. The Kier molecular flexibility index (Phi) is 4.15. The van der Waals surface area contributed by atoms with Crippen molar-refractivity contribution in [1.82, 2.24) is 9.80 Å². The molecular weight excluding hydrogens is 208 g/mol. The van der Waals surface area contributed by atoms with Gasteiger partial charge in [0.25, 0.3) is 0 Å². The van der Waals surface area contributed by atoms with Crippen molar-refractivity contribution in [3.05, 3.63) is 0 Å². The number of ether oxygens (including phenoxy) is 2. The molecule has 2 unspecified atom stereocenters. The number of esters is 1. The summed E-state index contributed by atoms with van der Waals surface area (Å²) in [5.41, 5.74) is 0. The van der Waals surface area contributed by atoms with E-state index in [2.05, 4.69) is 9.80 Å². The molecule has 2 saturated heterocycles. The van der Waals surface area contributed by atoms with Crippen LogP contribution in [-0.4, -0.2) is 74.4 Å². The SMILES string of the molecule is CCOC(=O)C1CN1CCN1CCOCC1. The van der Waals surface area contributed by atoms with Gasteiger partial charge in [-0.3, -0.25) is 14.6 Å². The lowest BCUT2D eigenvalue weighted by Gasteiger charge is -2.26. The third-order valence-corrected chi connectivity index (χ3v) is 3.08. The first-order chi connectivity index (χ1) is 7.81. The Balaban J connectivity index is 1.59. The van der Waals surface area contributed by atoms with Crippen LogP contribution in [0, 0.1) is 0 Å². The molecule has 2 heterocycles. The highest BCUT2D eigenvalue weighted by Crippen LogP contribution is 2.18. The Morgan fingerprint density at radius 2 is 2.12 bits per heavy atom. The number of hydrogen-bond donors (Lipinski definition) is 0. The molecule has 2 aliphatic heterocycles. The summed E-state index contributed by atoms with van der Waals surface area (Å²) in [5, 5.41) is 0. The fraction of sp³-hybridized carbons (Fsp3) is 0.909. The number of carbonyl (C=O) groups excluding carboxylic acids is 1. The van der Waals surface area contributed by atoms with Crippen molar-refractivity contribution in [2.24, 2.45) is 0 Å². The Labute approximate surface area is 96.3 Å². The number of nitrogens with zero attached hydrogens (tertiary/aromatic N) is 2. The van der Waals surface area contributed by atoms with Crippen LogP contribution in [0.25, 0.3) is 0 Å². The van der Waals surface area contributed by atoms with Crippen LogP contribution in [0.5, 0.6) is 0 Å². The molecule has 0 aliphatic carbocycles. The molecule has 0 bridgehead atoms. The molecule has 2 rings (SSSR count). The molecule has 2 aliphatic rings. The number of morpholine rings is 1. The van der Waals surface area contributed by atoms with Crippen LogP contribution in [-0.2, 0) is 14.3 Å². The third-order valence-electron chi connectivity index (χ3n) is 3.08. The fourth-order valence-electron chi connectivity index (χ4n) is 1.98. The summed E-state index contributed by atoms with van der Waals surface area (Å²) in [5.74, 6) is -0.0653. The zero-order valence-electron chi connectivity index (χ0n) is 9.85. The van der Waals surface area contributed by atoms with Gasteiger partial charge in [-0.15, -0.1) is 0 Å². The molecule has 16 heavy (non-hydrogen) atoms. The molecular formula is C11H20N2O3. The van der Waals surface area contributed by atoms with Gasteiger partial charge >= 0.3 is 5.97 Å². The average Bonchev–Trinajstić information content (AvgIpc) is 3.08. The Morgan fingerprint density at radius 3 is 2.81 bits per heavy atom. The van der Waals surface area contributed by atoms with Gasteiger partial charge in [-0.2, -0.15) is 0 Å². The van der Waals surface area contributed by atoms with Crippen LogP contribution in [0.4, 0.5) is 0 Å². The van der Waals surface area contributed by atoms with E-state index in [1.165, 1.54) is 0 Å². The van der Waals surface area contributed by atoms with Gasteiger partial charge in [-0.25, -0.2) is 0 Å². The van der Waals surface area contributed by atoms with Gasteiger partial charge in [0.1, 0.15) is 6.04 Å². The van der Waals surface area contributed by atoms with Crippen molar-refractivity contribution in [3.63, 3.8) is 0 Å². The van der Waals surface area contributed by atoms with Gasteiger partial charge in [-0.05, 0) is 6.92 Å². The minimum atomic E-state index is -0.0653. The lowest BCUT2D eigenvalue weighted by molar-refractivity contribution is -0.143. The van der Waals surface area contributed by atoms with Crippen molar-refractivity contribution in [2.45, 2.75) is 13.0 Å². The van der Waals surface area contributed by atoms with Crippen LogP contribution < -0.4 is 0 Å². The number of carbonyl (C=O) groups is 1. The summed E-state index contributed by atoms with van der Waals surface area (Å²) in [6.45, 7) is 8.87. The maximum Gasteiger partial charge on any atom is 0.324 e. The van der Waals surface area contributed by atoms with E-state index in [1.807, 2.05) is 6.92 Å². The molecule has 0 spiro atoms. The molecule has 0 aromatic heterocycles. The third kappa shape index (κ3) is 3.17. The van der Waals surface area contributed by atoms with E-state index in [4.69, 9.17) is 9.47 Å². The van der Waals surface area contributed by atoms with Crippen LogP contribution in [0.2, 0.25) is 0 Å². The summed E-state index contributed by atoms with van der Waals surface area (Å²) in [6, 6.07) is 0.0287. The molecule has 0 aromatic rings. The molecule has 0 amide bonds. The maximum absolute atomic E-state index is 11.4. The normalized spacial score (nSPS) is 30.1. The van der Waals surface area contributed by atoms with Gasteiger partial charge in [0.15, 0.2) is 0 Å². The summed E-state index contributed by atoms with van der Waals surface area (Å²) < 4.78 is 10.3. The van der Waals surface area contributed by atoms with Crippen LogP contribution >= 0.6 is 0 Å². The second-order valence-electron chi connectivity index (χ2n) is 4.22. The van der Waals surface area contributed by atoms with E-state index in [-0.39, 0.29) is 12.0 Å². The molecule has 92 valence electrons.